The number of nitrogens with one attached hydrogen (secondary N) is 1. The number of benzene rings is 3. The Hall–Kier alpha value is -3.13. The monoisotopic (exact) mass is 480 g/mol. The van der Waals surface area contributed by atoms with E-state index >= 15 is 0 Å². The van der Waals surface area contributed by atoms with E-state index in [1.807, 2.05) is 12.1 Å². The highest BCUT2D eigenvalue weighted by Gasteiger charge is 2.15. The SMILES string of the molecule is O=c1[nH]c(SCc2nc3ccccc3c(=O)n2-c2ccc(Cl)c(Cl)c2)nc2ccccc12. The van der Waals surface area contributed by atoms with Crippen LogP contribution in [0.15, 0.2) is 81.5 Å². The minimum absolute atomic E-state index is 0.216. The summed E-state index contributed by atoms with van der Waals surface area (Å²) < 4.78 is 1.51. The number of para-hydroxylation sites is 2. The van der Waals surface area contributed by atoms with Crippen LogP contribution in [-0.2, 0) is 5.75 Å². The van der Waals surface area contributed by atoms with Gasteiger partial charge in [-0.15, -0.1) is 0 Å². The maximum absolute atomic E-state index is 13.4. The quantitative estimate of drug-likeness (QED) is 0.281. The molecule has 6 nitrogen and oxygen atoms in total. The summed E-state index contributed by atoms with van der Waals surface area (Å²) in [4.78, 5) is 37.8. The molecule has 0 saturated carbocycles. The van der Waals surface area contributed by atoms with Gasteiger partial charge in [0.2, 0.25) is 0 Å². The third-order valence-corrected chi connectivity index (χ3v) is 6.54. The van der Waals surface area contributed by atoms with Crippen molar-refractivity contribution in [2.45, 2.75) is 10.9 Å². The first-order valence-corrected chi connectivity index (χ1v) is 11.3. The topological polar surface area (TPSA) is 80.6 Å². The van der Waals surface area contributed by atoms with E-state index in [1.54, 1.807) is 54.6 Å². The minimum atomic E-state index is -0.218. The molecule has 0 spiro atoms. The van der Waals surface area contributed by atoms with Crippen molar-refractivity contribution in [2.75, 3.05) is 0 Å². The predicted octanol–water partition coefficient (Wildman–Crippen LogP) is 5.22. The number of halogens is 2. The van der Waals surface area contributed by atoms with E-state index < -0.39 is 0 Å². The maximum atomic E-state index is 13.4. The van der Waals surface area contributed by atoms with Crippen molar-refractivity contribution in [3.05, 3.63) is 103 Å². The molecule has 0 amide bonds. The van der Waals surface area contributed by atoms with Crippen LogP contribution in [0.1, 0.15) is 5.82 Å². The zero-order valence-corrected chi connectivity index (χ0v) is 18.7. The summed E-state index contributed by atoms with van der Waals surface area (Å²) in [6.45, 7) is 0. The van der Waals surface area contributed by atoms with E-state index in [0.29, 0.717) is 54.3 Å². The molecule has 3 aromatic carbocycles. The van der Waals surface area contributed by atoms with Crippen LogP contribution in [0.2, 0.25) is 10.0 Å². The molecular weight excluding hydrogens is 467 g/mol. The molecule has 0 atom stereocenters. The first kappa shape index (κ1) is 20.8. The number of nitrogens with zero attached hydrogens (tertiary/aromatic N) is 3. The van der Waals surface area contributed by atoms with E-state index in [-0.39, 0.29) is 11.1 Å². The van der Waals surface area contributed by atoms with Crippen molar-refractivity contribution in [2.24, 2.45) is 0 Å². The van der Waals surface area contributed by atoms with Gasteiger partial charge in [-0.3, -0.25) is 14.2 Å². The van der Waals surface area contributed by atoms with Gasteiger partial charge in [-0.2, -0.15) is 0 Å². The predicted molar refractivity (Wildman–Crippen MR) is 129 cm³/mol. The van der Waals surface area contributed by atoms with E-state index in [0.717, 1.165) is 0 Å². The lowest BCUT2D eigenvalue weighted by Crippen LogP contribution is -2.23. The molecule has 32 heavy (non-hydrogen) atoms. The zero-order chi connectivity index (χ0) is 22.2. The van der Waals surface area contributed by atoms with Gasteiger partial charge in [-0.1, -0.05) is 59.2 Å². The summed E-state index contributed by atoms with van der Waals surface area (Å²) in [6, 6.07) is 19.3. The van der Waals surface area contributed by atoms with E-state index in [2.05, 4.69) is 9.97 Å². The van der Waals surface area contributed by atoms with Crippen LogP contribution in [0.4, 0.5) is 0 Å². The minimum Gasteiger partial charge on any atom is -0.301 e. The second-order valence-corrected chi connectivity index (χ2v) is 8.74. The molecule has 0 radical (unpaired) electrons. The molecule has 0 saturated heterocycles. The third-order valence-electron chi connectivity index (χ3n) is 4.94. The standard InChI is InChI=1S/C23H14Cl2N4O2S/c24-16-10-9-13(11-17(16)25)29-20(26-19-8-4-2-6-15(19)22(29)31)12-32-23-27-18-7-3-1-5-14(18)21(30)28-23/h1-11H,12H2,(H,27,28,30). The number of H-pyrrole nitrogens is 1. The van der Waals surface area contributed by atoms with Gasteiger partial charge in [0.1, 0.15) is 5.82 Å². The van der Waals surface area contributed by atoms with E-state index in [1.165, 1.54) is 16.3 Å². The molecule has 2 heterocycles. The van der Waals surface area contributed by atoms with Crippen LogP contribution in [0.25, 0.3) is 27.5 Å². The molecule has 158 valence electrons. The highest BCUT2D eigenvalue weighted by atomic mass is 35.5. The highest BCUT2D eigenvalue weighted by Crippen LogP contribution is 2.26. The van der Waals surface area contributed by atoms with Crippen molar-refractivity contribution in [3.63, 3.8) is 0 Å². The van der Waals surface area contributed by atoms with Crippen LogP contribution in [0, 0.1) is 0 Å². The molecule has 9 heteroatoms. The lowest BCUT2D eigenvalue weighted by Gasteiger charge is -2.14. The Bertz CT molecular complexity index is 1610. The Morgan fingerprint density at radius 1 is 0.844 bits per heavy atom. The molecule has 0 unspecified atom stereocenters. The second-order valence-electron chi connectivity index (χ2n) is 6.96. The van der Waals surface area contributed by atoms with Crippen molar-refractivity contribution in [1.29, 1.82) is 0 Å². The van der Waals surface area contributed by atoms with Gasteiger partial charge in [-0.25, -0.2) is 9.97 Å². The number of rotatable bonds is 4. The van der Waals surface area contributed by atoms with Gasteiger partial charge < -0.3 is 4.98 Å². The molecule has 5 rings (SSSR count). The van der Waals surface area contributed by atoms with Gasteiger partial charge >= 0.3 is 0 Å². The van der Waals surface area contributed by atoms with Crippen molar-refractivity contribution in [1.82, 2.24) is 19.5 Å². The fourth-order valence-corrected chi connectivity index (χ4v) is 4.51. The van der Waals surface area contributed by atoms with Crippen LogP contribution >= 0.6 is 35.0 Å². The average Bonchev–Trinajstić information content (AvgIpc) is 2.80. The van der Waals surface area contributed by atoms with Crippen LogP contribution in [0.5, 0.6) is 0 Å². The van der Waals surface area contributed by atoms with Gasteiger partial charge in [0.25, 0.3) is 11.1 Å². The lowest BCUT2D eigenvalue weighted by molar-refractivity contribution is 0.880. The number of hydrogen-bond donors (Lipinski definition) is 1. The number of fused-ring (bicyclic) bond motifs is 2. The number of aromatic amines is 1. The largest absolute Gasteiger partial charge is 0.301 e. The van der Waals surface area contributed by atoms with Crippen molar-refractivity contribution in [3.8, 4) is 5.69 Å². The number of aromatic nitrogens is 4. The highest BCUT2D eigenvalue weighted by molar-refractivity contribution is 7.98. The van der Waals surface area contributed by atoms with Crippen LogP contribution in [-0.4, -0.2) is 19.5 Å². The summed E-state index contributed by atoms with van der Waals surface area (Å²) in [5, 5.41) is 2.18. The first-order chi connectivity index (χ1) is 15.5. The fourth-order valence-electron chi connectivity index (χ4n) is 3.43. The van der Waals surface area contributed by atoms with Crippen molar-refractivity contribution >= 4 is 56.8 Å². The summed E-state index contributed by atoms with van der Waals surface area (Å²) in [5.41, 5.74) is 1.31. The lowest BCUT2D eigenvalue weighted by atomic mass is 10.2. The fraction of sp³-hybridized carbons (Fsp3) is 0.0435. The Balaban J connectivity index is 1.62. The Labute approximate surface area is 195 Å². The summed E-state index contributed by atoms with van der Waals surface area (Å²) in [7, 11) is 0. The molecule has 5 aromatic rings. The summed E-state index contributed by atoms with van der Waals surface area (Å²) in [6.07, 6.45) is 0. The van der Waals surface area contributed by atoms with Crippen LogP contribution in [0.3, 0.4) is 0 Å². The van der Waals surface area contributed by atoms with Gasteiger partial charge in [0, 0.05) is 0 Å². The van der Waals surface area contributed by atoms with Crippen LogP contribution < -0.4 is 11.1 Å². The Kier molecular flexibility index (Phi) is 5.46. The van der Waals surface area contributed by atoms with E-state index in [4.69, 9.17) is 28.2 Å². The maximum Gasteiger partial charge on any atom is 0.265 e. The molecule has 0 aliphatic heterocycles. The molecule has 0 aliphatic carbocycles. The van der Waals surface area contributed by atoms with Gasteiger partial charge in [0.15, 0.2) is 5.16 Å². The molecule has 1 N–H and O–H groups in total. The molecule has 0 bridgehead atoms. The Morgan fingerprint density at radius 3 is 2.28 bits per heavy atom. The smallest absolute Gasteiger partial charge is 0.265 e. The third kappa shape index (κ3) is 3.79. The second kappa shape index (κ2) is 8.43. The van der Waals surface area contributed by atoms with Gasteiger partial charge in [0.05, 0.1) is 43.3 Å². The van der Waals surface area contributed by atoms with E-state index in [9.17, 15) is 9.59 Å². The summed E-state index contributed by atoms with van der Waals surface area (Å²) >= 11 is 13.6. The number of thioether (sulfide) groups is 1. The summed E-state index contributed by atoms with van der Waals surface area (Å²) in [5.74, 6) is 0.787. The molecule has 0 fully saturated rings. The molecular formula is C23H14Cl2N4O2S. The number of hydrogen-bond acceptors (Lipinski definition) is 5. The Morgan fingerprint density at radius 2 is 1.53 bits per heavy atom. The first-order valence-electron chi connectivity index (χ1n) is 9.59. The zero-order valence-electron chi connectivity index (χ0n) is 16.4. The molecule has 2 aromatic heterocycles. The average molecular weight is 481 g/mol. The normalized spacial score (nSPS) is 11.3. The molecule has 0 aliphatic rings. The van der Waals surface area contributed by atoms with Crippen molar-refractivity contribution < 1.29 is 0 Å². The van der Waals surface area contributed by atoms with Gasteiger partial charge in [-0.05, 0) is 42.5 Å².